The quantitative estimate of drug-likeness (QED) is 0.789. The summed E-state index contributed by atoms with van der Waals surface area (Å²) in [4.78, 5) is 10.7. The van der Waals surface area contributed by atoms with Crippen LogP contribution in [0.25, 0.3) is 10.2 Å². The minimum Gasteiger partial charge on any atom is -0.369 e. The van der Waals surface area contributed by atoms with E-state index in [0.29, 0.717) is 11.8 Å². The van der Waals surface area contributed by atoms with Crippen molar-refractivity contribution in [3.63, 3.8) is 0 Å². The minimum atomic E-state index is -4.11. The van der Waals surface area contributed by atoms with E-state index in [0.717, 1.165) is 16.6 Å². The van der Waals surface area contributed by atoms with Crippen molar-refractivity contribution in [1.82, 2.24) is 9.97 Å². The second kappa shape index (κ2) is 6.46. The first-order chi connectivity index (χ1) is 9.93. The van der Waals surface area contributed by atoms with Gasteiger partial charge in [0.15, 0.2) is 0 Å². The van der Waals surface area contributed by atoms with E-state index >= 15 is 0 Å². The summed E-state index contributed by atoms with van der Waals surface area (Å²) in [6, 6.07) is 1.99. The highest BCUT2D eigenvalue weighted by Gasteiger charge is 2.25. The van der Waals surface area contributed by atoms with Gasteiger partial charge in [0.2, 0.25) is 5.95 Å². The number of halogens is 3. The third-order valence-electron chi connectivity index (χ3n) is 2.95. The number of alkyl halides is 3. The largest absolute Gasteiger partial charge is 0.389 e. The smallest absolute Gasteiger partial charge is 0.369 e. The van der Waals surface area contributed by atoms with Gasteiger partial charge in [-0.25, -0.2) is 4.98 Å². The maximum Gasteiger partial charge on any atom is 0.389 e. The van der Waals surface area contributed by atoms with Crippen molar-refractivity contribution in [2.45, 2.75) is 32.4 Å². The van der Waals surface area contributed by atoms with Crippen LogP contribution in [0.1, 0.15) is 24.6 Å². The van der Waals surface area contributed by atoms with Crippen molar-refractivity contribution in [2.75, 3.05) is 24.2 Å². The van der Waals surface area contributed by atoms with Gasteiger partial charge in [0.25, 0.3) is 0 Å². The van der Waals surface area contributed by atoms with Crippen molar-refractivity contribution in [3.8, 4) is 0 Å². The van der Waals surface area contributed by atoms with Crippen LogP contribution in [0.5, 0.6) is 0 Å². The average Bonchev–Trinajstić information content (AvgIpc) is 2.85. The molecule has 2 aromatic heterocycles. The second-order valence-electron chi connectivity index (χ2n) is 4.58. The van der Waals surface area contributed by atoms with Gasteiger partial charge in [0, 0.05) is 24.9 Å². The Hall–Kier alpha value is -1.57. The van der Waals surface area contributed by atoms with Crippen LogP contribution in [0.3, 0.4) is 0 Å². The van der Waals surface area contributed by atoms with Gasteiger partial charge in [-0.1, -0.05) is 6.92 Å². The second-order valence-corrected chi connectivity index (χ2v) is 5.69. The lowest BCUT2D eigenvalue weighted by Gasteiger charge is -2.09. The molecule has 0 saturated carbocycles. The first-order valence-electron chi connectivity index (χ1n) is 6.71. The standard InChI is InChI=1S/C13H17F3N4S/c1-3-8-7-9-10(18-6-4-5-13(14,15)16)19-12(17-2)20-11(9)21-8/h7H,3-6H2,1-2H3,(H2,17,18,19,20). The van der Waals surface area contributed by atoms with E-state index in [1.165, 1.54) is 4.88 Å². The average molecular weight is 318 g/mol. The number of nitrogens with zero attached hydrogens (tertiary/aromatic N) is 2. The maximum atomic E-state index is 12.1. The van der Waals surface area contributed by atoms with Gasteiger partial charge in [-0.15, -0.1) is 11.3 Å². The molecule has 2 rings (SSSR count). The molecule has 0 aliphatic heterocycles. The number of rotatable bonds is 6. The van der Waals surface area contributed by atoms with Crippen LogP contribution in [-0.2, 0) is 6.42 Å². The van der Waals surface area contributed by atoms with E-state index in [4.69, 9.17) is 0 Å². The fourth-order valence-corrected chi connectivity index (χ4v) is 2.85. The van der Waals surface area contributed by atoms with Crippen LogP contribution in [0.4, 0.5) is 24.9 Å². The highest BCUT2D eigenvalue weighted by atomic mass is 32.1. The fourth-order valence-electron chi connectivity index (χ4n) is 1.89. The fraction of sp³-hybridized carbons (Fsp3) is 0.538. The topological polar surface area (TPSA) is 49.8 Å². The molecule has 2 N–H and O–H groups in total. The number of anilines is 2. The van der Waals surface area contributed by atoms with Gasteiger partial charge in [-0.2, -0.15) is 18.2 Å². The molecule has 0 unspecified atom stereocenters. The number of hydrogen-bond acceptors (Lipinski definition) is 5. The lowest BCUT2D eigenvalue weighted by Crippen LogP contribution is -2.12. The van der Waals surface area contributed by atoms with Gasteiger partial charge in [-0.05, 0) is 18.9 Å². The zero-order valence-electron chi connectivity index (χ0n) is 11.8. The molecule has 0 aromatic carbocycles. The molecule has 0 radical (unpaired) electrons. The van der Waals surface area contributed by atoms with E-state index in [1.54, 1.807) is 18.4 Å². The van der Waals surface area contributed by atoms with Crippen LogP contribution < -0.4 is 10.6 Å². The van der Waals surface area contributed by atoms with Gasteiger partial charge in [0.05, 0.1) is 5.39 Å². The number of nitrogens with one attached hydrogen (secondary N) is 2. The third kappa shape index (κ3) is 4.20. The Labute approximate surface area is 124 Å². The number of hydrogen-bond donors (Lipinski definition) is 2. The molecule has 0 aliphatic rings. The molecule has 2 aromatic rings. The Morgan fingerprint density at radius 3 is 2.67 bits per heavy atom. The molecular weight excluding hydrogens is 301 g/mol. The van der Waals surface area contributed by atoms with Crippen molar-refractivity contribution in [2.24, 2.45) is 0 Å². The number of thiophene rings is 1. The zero-order chi connectivity index (χ0) is 15.5. The number of aromatic nitrogens is 2. The van der Waals surface area contributed by atoms with Gasteiger partial charge in [-0.3, -0.25) is 0 Å². The van der Waals surface area contributed by atoms with E-state index in [2.05, 4.69) is 20.6 Å². The van der Waals surface area contributed by atoms with Gasteiger partial charge in [0.1, 0.15) is 10.6 Å². The highest BCUT2D eigenvalue weighted by Crippen LogP contribution is 2.30. The molecule has 8 heteroatoms. The normalized spacial score (nSPS) is 11.9. The Balaban J connectivity index is 2.15. The SMILES string of the molecule is CCc1cc2c(NCCCC(F)(F)F)nc(NC)nc2s1. The molecule has 116 valence electrons. The summed E-state index contributed by atoms with van der Waals surface area (Å²) in [6.07, 6.45) is -3.99. The van der Waals surface area contributed by atoms with E-state index in [1.807, 2.05) is 13.0 Å². The van der Waals surface area contributed by atoms with E-state index in [-0.39, 0.29) is 13.0 Å². The Kier molecular flexibility index (Phi) is 4.87. The lowest BCUT2D eigenvalue weighted by atomic mass is 10.3. The van der Waals surface area contributed by atoms with E-state index in [9.17, 15) is 13.2 Å². The molecular formula is C13H17F3N4S. The van der Waals surface area contributed by atoms with Crippen molar-refractivity contribution in [1.29, 1.82) is 0 Å². The first kappa shape index (κ1) is 15.8. The molecule has 2 heterocycles. The van der Waals surface area contributed by atoms with Gasteiger partial charge >= 0.3 is 6.18 Å². The van der Waals surface area contributed by atoms with Crippen molar-refractivity contribution in [3.05, 3.63) is 10.9 Å². The summed E-state index contributed by atoms with van der Waals surface area (Å²) < 4.78 is 36.4. The molecule has 21 heavy (non-hydrogen) atoms. The summed E-state index contributed by atoms with van der Waals surface area (Å²) in [6.45, 7) is 2.28. The summed E-state index contributed by atoms with van der Waals surface area (Å²) in [7, 11) is 1.71. The molecule has 0 bridgehead atoms. The predicted octanol–water partition coefficient (Wildman–Crippen LogP) is 4.05. The third-order valence-corrected chi connectivity index (χ3v) is 4.12. The summed E-state index contributed by atoms with van der Waals surface area (Å²) in [5.74, 6) is 1.05. The van der Waals surface area contributed by atoms with Crippen LogP contribution in [0.2, 0.25) is 0 Å². The Bertz CT molecular complexity index is 609. The van der Waals surface area contributed by atoms with Crippen LogP contribution >= 0.6 is 11.3 Å². The van der Waals surface area contributed by atoms with Crippen LogP contribution in [0.15, 0.2) is 6.07 Å². The first-order valence-corrected chi connectivity index (χ1v) is 7.53. The zero-order valence-corrected chi connectivity index (χ0v) is 12.7. The monoisotopic (exact) mass is 318 g/mol. The Morgan fingerprint density at radius 2 is 2.05 bits per heavy atom. The molecule has 0 spiro atoms. The number of aryl methyl sites for hydroxylation is 1. The van der Waals surface area contributed by atoms with Crippen LogP contribution in [-0.4, -0.2) is 29.7 Å². The summed E-state index contributed by atoms with van der Waals surface area (Å²) in [5, 5.41) is 6.72. The van der Waals surface area contributed by atoms with Gasteiger partial charge < -0.3 is 10.6 Å². The van der Waals surface area contributed by atoms with Crippen LogP contribution in [0, 0.1) is 0 Å². The molecule has 0 fully saturated rings. The summed E-state index contributed by atoms with van der Waals surface area (Å²) >= 11 is 1.57. The van der Waals surface area contributed by atoms with Crippen molar-refractivity contribution < 1.29 is 13.2 Å². The summed E-state index contributed by atoms with van der Waals surface area (Å²) in [5.41, 5.74) is 0. The molecule has 0 atom stereocenters. The lowest BCUT2D eigenvalue weighted by molar-refractivity contribution is -0.134. The molecule has 0 aliphatic carbocycles. The minimum absolute atomic E-state index is 0.0225. The molecule has 0 saturated heterocycles. The predicted molar refractivity (Wildman–Crippen MR) is 80.1 cm³/mol. The molecule has 0 amide bonds. The Morgan fingerprint density at radius 1 is 1.29 bits per heavy atom. The van der Waals surface area contributed by atoms with E-state index < -0.39 is 12.6 Å². The maximum absolute atomic E-state index is 12.1. The number of fused-ring (bicyclic) bond motifs is 1. The van der Waals surface area contributed by atoms with Crippen molar-refractivity contribution >= 4 is 33.3 Å². The highest BCUT2D eigenvalue weighted by molar-refractivity contribution is 7.18. The molecule has 4 nitrogen and oxygen atoms in total.